The summed E-state index contributed by atoms with van der Waals surface area (Å²) in [4.78, 5) is 0. The predicted octanol–water partition coefficient (Wildman–Crippen LogP) is 0.827. The van der Waals surface area contributed by atoms with E-state index in [2.05, 4.69) is 5.32 Å². The van der Waals surface area contributed by atoms with Crippen LogP contribution in [0, 0.1) is 5.41 Å². The van der Waals surface area contributed by atoms with Crippen molar-refractivity contribution in [2.75, 3.05) is 38.3 Å². The Morgan fingerprint density at radius 1 is 1.38 bits per heavy atom. The molecular weight excluding hydrogens is 226 g/mol. The van der Waals surface area contributed by atoms with Gasteiger partial charge in [0, 0.05) is 32.6 Å². The van der Waals surface area contributed by atoms with Crippen LogP contribution in [0.1, 0.15) is 26.2 Å². The first kappa shape index (κ1) is 13.9. The standard InChI is InChI=1S/C11H23NO3S/c1-3-16(13,14)9-7-12-10-11(4-5-11)6-8-15-2/h12H,3-10H2,1-2H3. The van der Waals surface area contributed by atoms with Gasteiger partial charge in [-0.2, -0.15) is 0 Å². The lowest BCUT2D eigenvalue weighted by Gasteiger charge is -2.15. The van der Waals surface area contributed by atoms with Crippen LogP contribution >= 0.6 is 0 Å². The second-order valence-electron chi connectivity index (χ2n) is 4.66. The second-order valence-corrected chi connectivity index (χ2v) is 7.13. The number of methoxy groups -OCH3 is 1. The number of ether oxygens (including phenoxy) is 1. The Kier molecular flexibility index (Phi) is 5.21. The molecule has 0 saturated heterocycles. The molecule has 0 radical (unpaired) electrons. The Bertz CT molecular complexity index is 296. The van der Waals surface area contributed by atoms with E-state index in [1.807, 2.05) is 0 Å². The number of hydrogen-bond donors (Lipinski definition) is 1. The Morgan fingerprint density at radius 2 is 2.06 bits per heavy atom. The van der Waals surface area contributed by atoms with E-state index in [9.17, 15) is 8.42 Å². The molecule has 1 N–H and O–H groups in total. The maximum Gasteiger partial charge on any atom is 0.151 e. The highest BCUT2D eigenvalue weighted by molar-refractivity contribution is 7.91. The third-order valence-corrected chi connectivity index (χ3v) is 5.03. The van der Waals surface area contributed by atoms with Gasteiger partial charge in [0.2, 0.25) is 0 Å². The van der Waals surface area contributed by atoms with Gasteiger partial charge in [0.05, 0.1) is 5.75 Å². The van der Waals surface area contributed by atoms with Crippen LogP contribution in [-0.4, -0.2) is 46.7 Å². The largest absolute Gasteiger partial charge is 0.385 e. The number of nitrogens with one attached hydrogen (secondary N) is 1. The van der Waals surface area contributed by atoms with Gasteiger partial charge >= 0.3 is 0 Å². The molecule has 1 saturated carbocycles. The molecule has 0 aliphatic heterocycles. The van der Waals surface area contributed by atoms with Crippen molar-refractivity contribution < 1.29 is 13.2 Å². The molecule has 4 nitrogen and oxygen atoms in total. The number of rotatable bonds is 9. The summed E-state index contributed by atoms with van der Waals surface area (Å²) in [5, 5.41) is 3.25. The average molecular weight is 249 g/mol. The highest BCUT2D eigenvalue weighted by Gasteiger charge is 2.41. The fourth-order valence-electron chi connectivity index (χ4n) is 1.74. The smallest absolute Gasteiger partial charge is 0.151 e. The van der Waals surface area contributed by atoms with Crippen LogP contribution in [-0.2, 0) is 14.6 Å². The van der Waals surface area contributed by atoms with Crippen molar-refractivity contribution in [3.8, 4) is 0 Å². The van der Waals surface area contributed by atoms with Crippen molar-refractivity contribution in [2.45, 2.75) is 26.2 Å². The van der Waals surface area contributed by atoms with Gasteiger partial charge in [-0.25, -0.2) is 8.42 Å². The maximum atomic E-state index is 11.3. The number of sulfone groups is 1. The van der Waals surface area contributed by atoms with E-state index >= 15 is 0 Å². The van der Waals surface area contributed by atoms with Crippen LogP contribution in [0.3, 0.4) is 0 Å². The third kappa shape index (κ3) is 4.80. The van der Waals surface area contributed by atoms with Crippen molar-refractivity contribution in [3.05, 3.63) is 0 Å². The summed E-state index contributed by atoms with van der Waals surface area (Å²) < 4.78 is 27.6. The van der Waals surface area contributed by atoms with Crippen LogP contribution in [0.2, 0.25) is 0 Å². The van der Waals surface area contributed by atoms with Gasteiger partial charge in [-0.05, 0) is 24.7 Å². The molecule has 0 spiro atoms. The first-order valence-corrected chi connectivity index (χ1v) is 7.76. The van der Waals surface area contributed by atoms with Crippen LogP contribution in [0.4, 0.5) is 0 Å². The molecule has 0 bridgehead atoms. The monoisotopic (exact) mass is 249 g/mol. The van der Waals surface area contributed by atoms with E-state index in [1.165, 1.54) is 12.8 Å². The van der Waals surface area contributed by atoms with E-state index in [1.54, 1.807) is 14.0 Å². The molecule has 1 aliphatic carbocycles. The quantitative estimate of drug-likeness (QED) is 0.615. The Morgan fingerprint density at radius 3 is 2.56 bits per heavy atom. The molecule has 16 heavy (non-hydrogen) atoms. The minimum atomic E-state index is -2.82. The molecule has 1 rings (SSSR count). The molecule has 0 unspecified atom stereocenters. The Hall–Kier alpha value is -0.130. The predicted molar refractivity (Wildman–Crippen MR) is 65.4 cm³/mol. The van der Waals surface area contributed by atoms with Crippen molar-refractivity contribution in [2.24, 2.45) is 5.41 Å². The lowest BCUT2D eigenvalue weighted by molar-refractivity contribution is 0.171. The molecule has 5 heteroatoms. The van der Waals surface area contributed by atoms with Gasteiger partial charge in [-0.1, -0.05) is 6.92 Å². The van der Waals surface area contributed by atoms with Crippen molar-refractivity contribution in [1.29, 1.82) is 0 Å². The lowest BCUT2D eigenvalue weighted by atomic mass is 10.0. The Labute approximate surface area is 98.7 Å². The third-order valence-electron chi connectivity index (χ3n) is 3.32. The first-order valence-electron chi connectivity index (χ1n) is 5.94. The summed E-state index contributed by atoms with van der Waals surface area (Å²) in [5.41, 5.74) is 0.395. The molecular formula is C11H23NO3S. The van der Waals surface area contributed by atoms with Crippen LogP contribution in [0.5, 0.6) is 0 Å². The van der Waals surface area contributed by atoms with Crippen molar-refractivity contribution in [3.63, 3.8) is 0 Å². The number of hydrogen-bond acceptors (Lipinski definition) is 4. The molecule has 1 aliphatic rings. The highest BCUT2D eigenvalue weighted by atomic mass is 32.2. The fourth-order valence-corrected chi connectivity index (χ4v) is 2.48. The molecule has 0 amide bonds. The topological polar surface area (TPSA) is 55.4 Å². The summed E-state index contributed by atoms with van der Waals surface area (Å²) in [7, 11) is -1.10. The molecule has 0 aromatic carbocycles. The molecule has 0 aromatic rings. The van der Waals surface area contributed by atoms with Gasteiger partial charge in [-0.15, -0.1) is 0 Å². The second kappa shape index (κ2) is 5.98. The summed E-state index contributed by atoms with van der Waals surface area (Å²) in [6.45, 7) is 3.99. The first-order chi connectivity index (χ1) is 7.54. The van der Waals surface area contributed by atoms with Gasteiger partial charge in [0.15, 0.2) is 9.84 Å². The van der Waals surface area contributed by atoms with Crippen LogP contribution in [0.25, 0.3) is 0 Å². The molecule has 96 valence electrons. The zero-order valence-electron chi connectivity index (χ0n) is 10.3. The average Bonchev–Trinajstić information content (AvgIpc) is 3.03. The van der Waals surface area contributed by atoms with Crippen LogP contribution < -0.4 is 5.32 Å². The SMILES string of the molecule is CCS(=O)(=O)CCNCC1(CCOC)CC1. The van der Waals surface area contributed by atoms with E-state index in [0.717, 1.165) is 19.6 Å². The summed E-state index contributed by atoms with van der Waals surface area (Å²) in [6, 6.07) is 0. The van der Waals surface area contributed by atoms with Crippen molar-refractivity contribution in [1.82, 2.24) is 5.32 Å². The van der Waals surface area contributed by atoms with Crippen molar-refractivity contribution >= 4 is 9.84 Å². The van der Waals surface area contributed by atoms with Gasteiger partial charge in [0.1, 0.15) is 0 Å². The van der Waals surface area contributed by atoms with E-state index in [4.69, 9.17) is 4.74 Å². The fraction of sp³-hybridized carbons (Fsp3) is 1.00. The van der Waals surface area contributed by atoms with E-state index in [0.29, 0.717) is 12.0 Å². The zero-order chi connectivity index (χ0) is 12.1. The van der Waals surface area contributed by atoms with Gasteiger partial charge < -0.3 is 10.1 Å². The highest BCUT2D eigenvalue weighted by Crippen LogP contribution is 2.48. The maximum absolute atomic E-state index is 11.3. The minimum absolute atomic E-state index is 0.240. The lowest BCUT2D eigenvalue weighted by Crippen LogP contribution is -2.30. The summed E-state index contributed by atoms with van der Waals surface area (Å²) in [5.74, 6) is 0.493. The van der Waals surface area contributed by atoms with Crippen LogP contribution in [0.15, 0.2) is 0 Å². The molecule has 0 atom stereocenters. The summed E-state index contributed by atoms with van der Waals surface area (Å²) in [6.07, 6.45) is 3.56. The van der Waals surface area contributed by atoms with Gasteiger partial charge in [-0.3, -0.25) is 0 Å². The molecule has 1 fully saturated rings. The minimum Gasteiger partial charge on any atom is -0.385 e. The molecule has 0 aromatic heterocycles. The Balaban J connectivity index is 2.12. The zero-order valence-corrected chi connectivity index (χ0v) is 11.1. The van der Waals surface area contributed by atoms with E-state index in [-0.39, 0.29) is 11.5 Å². The molecule has 0 heterocycles. The normalized spacial score (nSPS) is 18.6. The summed E-state index contributed by atoms with van der Waals surface area (Å²) >= 11 is 0. The van der Waals surface area contributed by atoms with Gasteiger partial charge in [0.25, 0.3) is 0 Å². The van der Waals surface area contributed by atoms with E-state index < -0.39 is 9.84 Å².